The first-order valence-corrected chi connectivity index (χ1v) is 7.61. The Kier molecular flexibility index (Phi) is 4.81. The normalized spacial score (nSPS) is 16.6. The van der Waals surface area contributed by atoms with Gasteiger partial charge < -0.3 is 5.32 Å². The molecule has 1 saturated carbocycles. The van der Waals surface area contributed by atoms with Gasteiger partial charge in [0.25, 0.3) is 0 Å². The van der Waals surface area contributed by atoms with E-state index in [1.807, 2.05) is 0 Å². The second-order valence-electron chi connectivity index (χ2n) is 5.24. The molecule has 1 aromatic heterocycles. The van der Waals surface area contributed by atoms with E-state index in [9.17, 15) is 0 Å². The zero-order valence-corrected chi connectivity index (χ0v) is 12.1. The summed E-state index contributed by atoms with van der Waals surface area (Å²) in [5.74, 6) is 0. The lowest BCUT2D eigenvalue weighted by Gasteiger charge is -2.14. The summed E-state index contributed by atoms with van der Waals surface area (Å²) in [4.78, 5) is 0. The minimum atomic E-state index is 0.667. The summed E-state index contributed by atoms with van der Waals surface area (Å²) in [7, 11) is 0. The highest BCUT2D eigenvalue weighted by Gasteiger charge is 2.23. The van der Waals surface area contributed by atoms with Gasteiger partial charge in [0.1, 0.15) is 0 Å². The third kappa shape index (κ3) is 2.61. The lowest BCUT2D eigenvalue weighted by molar-refractivity contribution is 0.447. The Hall–Kier alpha value is -0.830. The molecule has 0 radical (unpaired) electrons. The Labute approximate surface area is 111 Å². The molecular formula is C15H27N3. The molecule has 0 spiro atoms. The van der Waals surface area contributed by atoms with Crippen molar-refractivity contribution in [2.45, 2.75) is 71.9 Å². The van der Waals surface area contributed by atoms with Crippen LogP contribution in [0, 0.1) is 0 Å². The molecular weight excluding hydrogens is 222 g/mol. The van der Waals surface area contributed by atoms with Gasteiger partial charge in [-0.3, -0.25) is 4.68 Å². The number of aromatic nitrogens is 2. The van der Waals surface area contributed by atoms with Crippen LogP contribution in [0.15, 0.2) is 0 Å². The molecule has 0 aliphatic heterocycles. The van der Waals surface area contributed by atoms with Crippen LogP contribution in [-0.4, -0.2) is 16.3 Å². The summed E-state index contributed by atoms with van der Waals surface area (Å²) in [5, 5.41) is 8.38. The minimum absolute atomic E-state index is 0.667. The highest BCUT2D eigenvalue weighted by molar-refractivity contribution is 5.27. The zero-order valence-electron chi connectivity index (χ0n) is 12.1. The van der Waals surface area contributed by atoms with Crippen molar-refractivity contribution in [3.05, 3.63) is 17.0 Å². The smallest absolute Gasteiger partial charge is 0.0669 e. The zero-order chi connectivity index (χ0) is 13.0. The van der Waals surface area contributed by atoms with Crippen LogP contribution in [0.5, 0.6) is 0 Å². The molecule has 0 unspecified atom stereocenters. The second-order valence-corrected chi connectivity index (χ2v) is 5.24. The van der Waals surface area contributed by atoms with Crippen LogP contribution in [0.3, 0.4) is 0 Å². The van der Waals surface area contributed by atoms with Gasteiger partial charge in [-0.1, -0.05) is 33.6 Å². The van der Waals surface area contributed by atoms with Crippen molar-refractivity contribution in [2.24, 2.45) is 0 Å². The third-order valence-corrected chi connectivity index (χ3v) is 4.09. The third-order valence-electron chi connectivity index (χ3n) is 4.09. The van der Waals surface area contributed by atoms with Crippen molar-refractivity contribution in [1.82, 2.24) is 15.1 Å². The molecule has 0 aromatic carbocycles. The standard InChI is InChI=1S/C15H27N3/c1-4-14-13(11-16-6-3)15(5-2)18(17-14)12-9-7-8-10-12/h12,16H,4-11H2,1-3H3. The van der Waals surface area contributed by atoms with Crippen molar-refractivity contribution in [2.75, 3.05) is 6.54 Å². The van der Waals surface area contributed by atoms with Gasteiger partial charge in [-0.05, 0) is 32.2 Å². The predicted octanol–water partition coefficient (Wildman–Crippen LogP) is 3.23. The molecule has 1 aromatic rings. The number of rotatable bonds is 6. The summed E-state index contributed by atoms with van der Waals surface area (Å²) in [6, 6.07) is 0.667. The molecule has 0 amide bonds. The highest BCUT2D eigenvalue weighted by Crippen LogP contribution is 2.32. The summed E-state index contributed by atoms with van der Waals surface area (Å²) < 4.78 is 2.36. The lowest BCUT2D eigenvalue weighted by Crippen LogP contribution is -2.15. The molecule has 0 atom stereocenters. The molecule has 0 saturated heterocycles. The number of nitrogens with zero attached hydrogens (tertiary/aromatic N) is 2. The number of aryl methyl sites for hydroxylation is 1. The maximum Gasteiger partial charge on any atom is 0.0669 e. The van der Waals surface area contributed by atoms with Gasteiger partial charge in [-0.25, -0.2) is 0 Å². The van der Waals surface area contributed by atoms with Crippen LogP contribution in [0.4, 0.5) is 0 Å². The first kappa shape index (κ1) is 13.6. The first-order valence-electron chi connectivity index (χ1n) is 7.61. The first-order chi connectivity index (χ1) is 8.81. The van der Waals surface area contributed by atoms with E-state index in [0.29, 0.717) is 6.04 Å². The van der Waals surface area contributed by atoms with Gasteiger partial charge in [-0.15, -0.1) is 0 Å². The number of nitrogens with one attached hydrogen (secondary N) is 1. The molecule has 1 aliphatic rings. The molecule has 1 aliphatic carbocycles. The van der Waals surface area contributed by atoms with Crippen LogP contribution < -0.4 is 5.32 Å². The van der Waals surface area contributed by atoms with Gasteiger partial charge >= 0.3 is 0 Å². The topological polar surface area (TPSA) is 29.9 Å². The van der Waals surface area contributed by atoms with Crippen molar-refractivity contribution in [1.29, 1.82) is 0 Å². The van der Waals surface area contributed by atoms with Gasteiger partial charge in [0.15, 0.2) is 0 Å². The number of hydrogen-bond acceptors (Lipinski definition) is 2. The fourth-order valence-electron chi connectivity index (χ4n) is 3.12. The minimum Gasteiger partial charge on any atom is -0.313 e. The van der Waals surface area contributed by atoms with E-state index in [1.54, 1.807) is 0 Å². The molecule has 2 rings (SSSR count). The van der Waals surface area contributed by atoms with Crippen LogP contribution in [0.2, 0.25) is 0 Å². The maximum absolute atomic E-state index is 4.91. The molecule has 18 heavy (non-hydrogen) atoms. The van der Waals surface area contributed by atoms with Crippen LogP contribution in [0.25, 0.3) is 0 Å². The summed E-state index contributed by atoms with van der Waals surface area (Å²) in [5.41, 5.74) is 4.24. The van der Waals surface area contributed by atoms with Crippen LogP contribution in [0.1, 0.15) is 69.4 Å². The van der Waals surface area contributed by atoms with E-state index in [2.05, 4.69) is 30.8 Å². The summed E-state index contributed by atoms with van der Waals surface area (Å²) in [6.07, 6.45) is 7.53. The Bertz CT molecular complexity index is 375. The fourth-order valence-corrected chi connectivity index (χ4v) is 3.12. The van der Waals surface area contributed by atoms with Crippen molar-refractivity contribution < 1.29 is 0 Å². The average molecular weight is 249 g/mol. The molecule has 1 fully saturated rings. The Morgan fingerprint density at radius 3 is 2.44 bits per heavy atom. The average Bonchev–Trinajstić information content (AvgIpc) is 3.02. The SMILES string of the molecule is CCNCc1c(CC)nn(C2CCCC2)c1CC. The van der Waals surface area contributed by atoms with Gasteiger partial charge in [0.2, 0.25) is 0 Å². The molecule has 102 valence electrons. The molecule has 3 heteroatoms. The molecule has 1 heterocycles. The van der Waals surface area contributed by atoms with E-state index in [-0.39, 0.29) is 0 Å². The van der Waals surface area contributed by atoms with Crippen LogP contribution in [-0.2, 0) is 19.4 Å². The van der Waals surface area contributed by atoms with E-state index in [1.165, 1.54) is 42.6 Å². The Morgan fingerprint density at radius 1 is 1.17 bits per heavy atom. The lowest BCUT2D eigenvalue weighted by atomic mass is 10.1. The summed E-state index contributed by atoms with van der Waals surface area (Å²) in [6.45, 7) is 8.66. The van der Waals surface area contributed by atoms with Gasteiger partial charge in [-0.2, -0.15) is 5.10 Å². The Balaban J connectivity index is 2.30. The van der Waals surface area contributed by atoms with Crippen molar-refractivity contribution in [3.8, 4) is 0 Å². The van der Waals surface area contributed by atoms with E-state index in [4.69, 9.17) is 5.10 Å². The predicted molar refractivity (Wildman–Crippen MR) is 75.9 cm³/mol. The monoisotopic (exact) mass is 249 g/mol. The van der Waals surface area contributed by atoms with E-state index in [0.717, 1.165) is 25.9 Å². The van der Waals surface area contributed by atoms with Gasteiger partial charge in [0, 0.05) is 17.8 Å². The van der Waals surface area contributed by atoms with Gasteiger partial charge in [0.05, 0.1) is 11.7 Å². The molecule has 1 N–H and O–H groups in total. The second kappa shape index (κ2) is 6.37. The van der Waals surface area contributed by atoms with Crippen molar-refractivity contribution in [3.63, 3.8) is 0 Å². The van der Waals surface area contributed by atoms with Crippen LogP contribution >= 0.6 is 0 Å². The largest absolute Gasteiger partial charge is 0.313 e. The summed E-state index contributed by atoms with van der Waals surface area (Å²) >= 11 is 0. The van der Waals surface area contributed by atoms with E-state index < -0.39 is 0 Å². The highest BCUT2D eigenvalue weighted by atomic mass is 15.3. The maximum atomic E-state index is 4.91. The quantitative estimate of drug-likeness (QED) is 0.839. The van der Waals surface area contributed by atoms with Crippen molar-refractivity contribution >= 4 is 0 Å². The Morgan fingerprint density at radius 2 is 1.89 bits per heavy atom. The molecule has 0 bridgehead atoms. The van der Waals surface area contributed by atoms with E-state index >= 15 is 0 Å². The number of hydrogen-bond donors (Lipinski definition) is 1. The fraction of sp³-hybridized carbons (Fsp3) is 0.800. The molecule has 3 nitrogen and oxygen atoms in total.